The van der Waals surface area contributed by atoms with Crippen molar-refractivity contribution < 1.29 is 14.7 Å². The lowest BCUT2D eigenvalue weighted by Crippen LogP contribution is -2.52. The van der Waals surface area contributed by atoms with Crippen molar-refractivity contribution in [2.24, 2.45) is 11.8 Å². The normalized spacial score (nSPS) is 40.7. The van der Waals surface area contributed by atoms with E-state index in [1.807, 2.05) is 6.92 Å². The number of aliphatic carboxylic acids is 1. The fourth-order valence-corrected chi connectivity index (χ4v) is 4.96. The summed E-state index contributed by atoms with van der Waals surface area (Å²) in [6, 6.07) is -0.612. The highest BCUT2D eigenvalue weighted by molar-refractivity contribution is 8.00. The van der Waals surface area contributed by atoms with Crippen LogP contribution < -0.4 is 5.32 Å². The molecule has 2 aliphatic carbocycles. The number of carbonyl (C=O) groups is 2. The molecule has 1 heterocycles. The molecule has 106 valence electrons. The quantitative estimate of drug-likeness (QED) is 0.810. The molecule has 0 spiro atoms. The first-order valence-corrected chi connectivity index (χ1v) is 8.04. The van der Waals surface area contributed by atoms with Crippen LogP contribution in [0.4, 0.5) is 4.79 Å². The van der Waals surface area contributed by atoms with Gasteiger partial charge in [-0.15, -0.1) is 11.8 Å². The summed E-state index contributed by atoms with van der Waals surface area (Å²) in [6.45, 7) is 1.90. The molecule has 5 unspecified atom stereocenters. The minimum Gasteiger partial charge on any atom is -0.480 e. The molecule has 5 atom stereocenters. The number of fused-ring (bicyclic) bond motifs is 2. The summed E-state index contributed by atoms with van der Waals surface area (Å²) >= 11 is 1.53. The van der Waals surface area contributed by atoms with Crippen LogP contribution in [0.3, 0.4) is 0 Å². The Kier molecular flexibility index (Phi) is 3.37. The third kappa shape index (κ3) is 2.30. The highest BCUT2D eigenvalue weighted by Gasteiger charge is 2.44. The van der Waals surface area contributed by atoms with Gasteiger partial charge in [0, 0.05) is 11.8 Å². The fraction of sp³-hybridized carbons (Fsp3) is 0.846. The van der Waals surface area contributed by atoms with E-state index < -0.39 is 12.0 Å². The lowest BCUT2D eigenvalue weighted by molar-refractivity contribution is -0.141. The zero-order valence-electron chi connectivity index (χ0n) is 11.0. The minimum atomic E-state index is -0.903. The summed E-state index contributed by atoms with van der Waals surface area (Å²) in [5, 5.41) is 12.2. The van der Waals surface area contributed by atoms with Gasteiger partial charge in [0.05, 0.1) is 5.37 Å². The average Bonchev–Trinajstić information content (AvgIpc) is 3.02. The second kappa shape index (κ2) is 4.89. The summed E-state index contributed by atoms with van der Waals surface area (Å²) in [4.78, 5) is 25.0. The predicted molar refractivity (Wildman–Crippen MR) is 73.0 cm³/mol. The lowest BCUT2D eigenvalue weighted by Gasteiger charge is -2.30. The third-order valence-electron chi connectivity index (χ3n) is 4.79. The number of carboxylic acid groups (broad SMARTS) is 1. The lowest BCUT2D eigenvalue weighted by atomic mass is 9.95. The van der Waals surface area contributed by atoms with Crippen molar-refractivity contribution in [2.45, 2.75) is 50.1 Å². The van der Waals surface area contributed by atoms with Gasteiger partial charge in [-0.05, 0) is 38.0 Å². The monoisotopic (exact) mass is 284 g/mol. The molecule has 2 saturated carbocycles. The van der Waals surface area contributed by atoms with Crippen molar-refractivity contribution in [3.05, 3.63) is 0 Å². The highest BCUT2D eigenvalue weighted by atomic mass is 32.2. The van der Waals surface area contributed by atoms with Gasteiger partial charge >= 0.3 is 12.0 Å². The van der Waals surface area contributed by atoms with Crippen molar-refractivity contribution in [1.82, 2.24) is 10.2 Å². The molecule has 2 bridgehead atoms. The molecular weight excluding hydrogens is 264 g/mol. The van der Waals surface area contributed by atoms with Crippen LogP contribution in [-0.2, 0) is 4.79 Å². The number of nitrogens with one attached hydrogen (secondary N) is 1. The Morgan fingerprint density at radius 2 is 2.11 bits per heavy atom. The van der Waals surface area contributed by atoms with Crippen LogP contribution in [0.2, 0.25) is 0 Å². The van der Waals surface area contributed by atoms with E-state index in [1.165, 1.54) is 35.9 Å². The van der Waals surface area contributed by atoms with Gasteiger partial charge in [-0.25, -0.2) is 9.59 Å². The van der Waals surface area contributed by atoms with Gasteiger partial charge in [-0.1, -0.05) is 6.42 Å². The fourth-order valence-electron chi connectivity index (χ4n) is 3.80. The Morgan fingerprint density at radius 3 is 2.68 bits per heavy atom. The Bertz CT molecular complexity index is 403. The van der Waals surface area contributed by atoms with E-state index in [-0.39, 0.29) is 17.4 Å². The summed E-state index contributed by atoms with van der Waals surface area (Å²) < 4.78 is 0. The van der Waals surface area contributed by atoms with Gasteiger partial charge in [0.15, 0.2) is 0 Å². The molecule has 3 aliphatic rings. The number of hydrogen-bond acceptors (Lipinski definition) is 3. The maximum atomic E-state index is 12.3. The second-order valence-corrected chi connectivity index (χ2v) is 7.27. The van der Waals surface area contributed by atoms with Crippen molar-refractivity contribution in [3.63, 3.8) is 0 Å². The van der Waals surface area contributed by atoms with Crippen molar-refractivity contribution in [1.29, 1.82) is 0 Å². The Morgan fingerprint density at radius 1 is 1.32 bits per heavy atom. The van der Waals surface area contributed by atoms with Crippen LogP contribution in [0.5, 0.6) is 0 Å². The van der Waals surface area contributed by atoms with Crippen LogP contribution in [0.15, 0.2) is 0 Å². The summed E-state index contributed by atoms with van der Waals surface area (Å²) in [6.07, 6.45) is 4.81. The van der Waals surface area contributed by atoms with Gasteiger partial charge in [-0.3, -0.25) is 4.90 Å². The summed E-state index contributed by atoms with van der Waals surface area (Å²) in [5.74, 6) is 0.972. The number of hydrogen-bond donors (Lipinski definition) is 2. The zero-order chi connectivity index (χ0) is 13.6. The van der Waals surface area contributed by atoms with Crippen molar-refractivity contribution in [3.8, 4) is 0 Å². The summed E-state index contributed by atoms with van der Waals surface area (Å²) in [5.41, 5.74) is 0. The third-order valence-corrected chi connectivity index (χ3v) is 6.01. The van der Waals surface area contributed by atoms with Crippen LogP contribution >= 0.6 is 11.8 Å². The van der Waals surface area contributed by atoms with Gasteiger partial charge in [-0.2, -0.15) is 0 Å². The van der Waals surface area contributed by atoms with Crippen LogP contribution in [0, 0.1) is 11.8 Å². The number of carbonyl (C=O) groups excluding carboxylic acids is 1. The Labute approximate surface area is 117 Å². The van der Waals surface area contributed by atoms with E-state index in [0.717, 1.165) is 12.3 Å². The number of urea groups is 1. The molecular formula is C13H20N2O3S. The maximum Gasteiger partial charge on any atom is 0.327 e. The number of thioether (sulfide) groups is 1. The highest BCUT2D eigenvalue weighted by Crippen LogP contribution is 2.44. The average molecular weight is 284 g/mol. The Hall–Kier alpha value is -0.910. The van der Waals surface area contributed by atoms with E-state index in [1.54, 1.807) is 0 Å². The van der Waals surface area contributed by atoms with Crippen LogP contribution in [-0.4, -0.2) is 45.2 Å². The van der Waals surface area contributed by atoms with Crippen LogP contribution in [0.1, 0.15) is 32.6 Å². The van der Waals surface area contributed by atoms with Crippen LogP contribution in [0.25, 0.3) is 0 Å². The first kappa shape index (κ1) is 13.1. The molecule has 2 amide bonds. The number of amides is 2. The minimum absolute atomic E-state index is 0.0558. The van der Waals surface area contributed by atoms with E-state index in [2.05, 4.69) is 5.32 Å². The SMILES string of the molecule is CC1SCC(C(=O)O)N1C(=O)NC1CC2CCC1C2. The van der Waals surface area contributed by atoms with Gasteiger partial charge in [0.1, 0.15) is 6.04 Å². The molecule has 3 fully saturated rings. The van der Waals surface area contributed by atoms with E-state index in [4.69, 9.17) is 0 Å². The molecule has 0 aromatic carbocycles. The molecule has 19 heavy (non-hydrogen) atoms. The molecule has 0 radical (unpaired) electrons. The van der Waals surface area contributed by atoms with Gasteiger partial charge in [0.2, 0.25) is 0 Å². The zero-order valence-corrected chi connectivity index (χ0v) is 11.9. The summed E-state index contributed by atoms with van der Waals surface area (Å²) in [7, 11) is 0. The smallest absolute Gasteiger partial charge is 0.327 e. The predicted octanol–water partition coefficient (Wildman–Crippen LogP) is 1.73. The van der Waals surface area contributed by atoms with E-state index in [9.17, 15) is 14.7 Å². The Balaban J connectivity index is 1.64. The first-order valence-electron chi connectivity index (χ1n) is 6.99. The van der Waals surface area contributed by atoms with Gasteiger partial charge < -0.3 is 10.4 Å². The maximum absolute atomic E-state index is 12.3. The second-order valence-electron chi connectivity index (χ2n) is 5.92. The number of rotatable bonds is 2. The number of carboxylic acids is 1. The van der Waals surface area contributed by atoms with Crippen molar-refractivity contribution in [2.75, 3.05) is 5.75 Å². The van der Waals surface area contributed by atoms with E-state index in [0.29, 0.717) is 11.7 Å². The molecule has 1 saturated heterocycles. The number of nitrogens with zero attached hydrogens (tertiary/aromatic N) is 1. The standard InChI is InChI=1S/C13H20N2O3S/c1-7-15(11(6-19-7)12(16)17)13(18)14-10-5-8-2-3-9(10)4-8/h7-11H,2-6H2,1H3,(H,14,18)(H,16,17). The van der Waals surface area contributed by atoms with Gasteiger partial charge in [0.25, 0.3) is 0 Å². The molecule has 5 nitrogen and oxygen atoms in total. The molecule has 2 N–H and O–H groups in total. The molecule has 6 heteroatoms. The topological polar surface area (TPSA) is 69.6 Å². The largest absolute Gasteiger partial charge is 0.480 e. The molecule has 0 aromatic heterocycles. The van der Waals surface area contributed by atoms with Crippen molar-refractivity contribution >= 4 is 23.8 Å². The molecule has 0 aromatic rings. The molecule has 1 aliphatic heterocycles. The van der Waals surface area contributed by atoms with E-state index >= 15 is 0 Å². The first-order chi connectivity index (χ1) is 9.06. The molecule has 3 rings (SSSR count).